The second kappa shape index (κ2) is 2.55. The molecule has 0 aliphatic carbocycles. The zero-order valence-corrected chi connectivity index (χ0v) is 8.15. The van der Waals surface area contributed by atoms with Crippen molar-refractivity contribution in [3.8, 4) is 0 Å². The van der Waals surface area contributed by atoms with Crippen LogP contribution in [0.15, 0.2) is 24.8 Å². The Morgan fingerprint density at radius 2 is 2.00 bits per heavy atom. The molecule has 0 aromatic carbocycles. The van der Waals surface area contributed by atoms with E-state index < -0.39 is 0 Å². The van der Waals surface area contributed by atoms with Crippen LogP contribution in [0.1, 0.15) is 26.3 Å². The maximum atomic E-state index is 4.26. The molecule has 0 aliphatic rings. The lowest BCUT2D eigenvalue weighted by Crippen LogP contribution is -2.12. The summed E-state index contributed by atoms with van der Waals surface area (Å²) in [7, 11) is 0. The van der Waals surface area contributed by atoms with E-state index in [2.05, 4.69) is 36.9 Å². The highest BCUT2D eigenvalue weighted by molar-refractivity contribution is 5.46. The van der Waals surface area contributed by atoms with E-state index in [0.717, 1.165) is 5.52 Å². The molecule has 0 amide bonds. The summed E-state index contributed by atoms with van der Waals surface area (Å²) in [4.78, 5) is 4.02. The molecule has 3 nitrogen and oxygen atoms in total. The van der Waals surface area contributed by atoms with Crippen LogP contribution in [0.3, 0.4) is 0 Å². The smallest absolute Gasteiger partial charge is 0.117 e. The van der Waals surface area contributed by atoms with Gasteiger partial charge in [0, 0.05) is 0 Å². The van der Waals surface area contributed by atoms with Crippen LogP contribution >= 0.6 is 0 Å². The van der Waals surface area contributed by atoms with Crippen LogP contribution in [0.25, 0.3) is 5.52 Å². The van der Waals surface area contributed by atoms with E-state index in [1.807, 2.05) is 12.4 Å². The van der Waals surface area contributed by atoms with Crippen LogP contribution in [-0.2, 0) is 5.41 Å². The zero-order chi connectivity index (χ0) is 9.47. The van der Waals surface area contributed by atoms with Crippen molar-refractivity contribution in [2.24, 2.45) is 0 Å². The lowest BCUT2D eigenvalue weighted by atomic mass is 9.88. The Balaban J connectivity index is 2.61. The molecule has 0 saturated heterocycles. The van der Waals surface area contributed by atoms with Crippen molar-refractivity contribution in [3.63, 3.8) is 0 Å². The van der Waals surface area contributed by atoms with E-state index in [1.165, 1.54) is 5.56 Å². The van der Waals surface area contributed by atoms with Gasteiger partial charge >= 0.3 is 0 Å². The predicted octanol–water partition coefficient (Wildman–Crippen LogP) is 2.03. The van der Waals surface area contributed by atoms with Crippen LogP contribution in [0, 0.1) is 0 Å². The molecule has 0 unspecified atom stereocenters. The molecule has 0 aliphatic heterocycles. The Labute approximate surface area is 77.4 Å². The molecule has 0 bridgehead atoms. The average Bonchev–Trinajstić information content (AvgIpc) is 2.47. The molecule has 2 heterocycles. The summed E-state index contributed by atoms with van der Waals surface area (Å²) in [5, 5.41) is 4.26. The molecule has 13 heavy (non-hydrogen) atoms. The van der Waals surface area contributed by atoms with Crippen molar-refractivity contribution in [2.45, 2.75) is 26.2 Å². The largest absolute Gasteiger partial charge is 0.243 e. The van der Waals surface area contributed by atoms with Gasteiger partial charge < -0.3 is 0 Å². The summed E-state index contributed by atoms with van der Waals surface area (Å²) in [6, 6.07) is 2.12. The van der Waals surface area contributed by atoms with Gasteiger partial charge in [-0.05, 0) is 17.0 Å². The van der Waals surface area contributed by atoms with Gasteiger partial charge in [0.1, 0.15) is 6.33 Å². The van der Waals surface area contributed by atoms with Crippen LogP contribution in [0.2, 0.25) is 0 Å². The third kappa shape index (κ3) is 1.41. The molecular formula is C10H13N3. The molecular weight excluding hydrogens is 162 g/mol. The van der Waals surface area contributed by atoms with Gasteiger partial charge in [-0.3, -0.25) is 0 Å². The summed E-state index contributed by atoms with van der Waals surface area (Å²) < 4.78 is 1.77. The van der Waals surface area contributed by atoms with E-state index in [9.17, 15) is 0 Å². The number of rotatable bonds is 0. The van der Waals surface area contributed by atoms with E-state index in [4.69, 9.17) is 0 Å². The highest BCUT2D eigenvalue weighted by Gasteiger charge is 2.14. The number of nitrogens with zero attached hydrogens (tertiary/aromatic N) is 3. The third-order valence-electron chi connectivity index (χ3n) is 2.14. The molecule has 0 saturated carbocycles. The summed E-state index contributed by atoms with van der Waals surface area (Å²) in [5.41, 5.74) is 2.44. The topological polar surface area (TPSA) is 30.2 Å². The molecule has 2 aromatic rings. The zero-order valence-electron chi connectivity index (χ0n) is 8.15. The van der Waals surface area contributed by atoms with Crippen LogP contribution in [0.5, 0.6) is 0 Å². The SMILES string of the molecule is CC(C)(C)c1cnn2cncc2c1. The minimum atomic E-state index is 0.152. The van der Waals surface area contributed by atoms with Gasteiger partial charge in [-0.1, -0.05) is 20.8 Å². The number of hydrogen-bond donors (Lipinski definition) is 0. The minimum absolute atomic E-state index is 0.152. The fraction of sp³-hybridized carbons (Fsp3) is 0.400. The van der Waals surface area contributed by atoms with Crippen LogP contribution in [-0.4, -0.2) is 14.6 Å². The fourth-order valence-corrected chi connectivity index (χ4v) is 1.23. The summed E-state index contributed by atoms with van der Waals surface area (Å²) in [6.07, 6.45) is 5.43. The van der Waals surface area contributed by atoms with Crippen LogP contribution < -0.4 is 0 Å². The molecule has 0 atom stereocenters. The van der Waals surface area contributed by atoms with Crippen molar-refractivity contribution in [1.29, 1.82) is 0 Å². The van der Waals surface area contributed by atoms with Crippen molar-refractivity contribution in [1.82, 2.24) is 14.6 Å². The lowest BCUT2D eigenvalue weighted by molar-refractivity contribution is 0.584. The van der Waals surface area contributed by atoms with Gasteiger partial charge in [-0.25, -0.2) is 9.50 Å². The second-order valence-corrected chi connectivity index (χ2v) is 4.26. The highest BCUT2D eigenvalue weighted by Crippen LogP contribution is 2.21. The Hall–Kier alpha value is -1.38. The monoisotopic (exact) mass is 175 g/mol. The van der Waals surface area contributed by atoms with E-state index in [1.54, 1.807) is 10.8 Å². The molecule has 0 radical (unpaired) electrons. The number of hydrogen-bond acceptors (Lipinski definition) is 2. The highest BCUT2D eigenvalue weighted by atomic mass is 15.2. The normalized spacial score (nSPS) is 12.2. The van der Waals surface area contributed by atoms with E-state index >= 15 is 0 Å². The number of imidazole rings is 1. The molecule has 0 spiro atoms. The minimum Gasteiger partial charge on any atom is -0.243 e. The first-order valence-corrected chi connectivity index (χ1v) is 4.36. The van der Waals surface area contributed by atoms with Crippen LogP contribution in [0.4, 0.5) is 0 Å². The van der Waals surface area contributed by atoms with Gasteiger partial charge in [-0.15, -0.1) is 0 Å². The standard InChI is InChI=1S/C10H13N3/c1-10(2,3)8-4-9-6-11-7-13(9)12-5-8/h4-7H,1-3H3. The Kier molecular flexibility index (Phi) is 1.62. The van der Waals surface area contributed by atoms with Gasteiger partial charge in [0.15, 0.2) is 0 Å². The summed E-state index contributed by atoms with van der Waals surface area (Å²) in [6.45, 7) is 6.53. The summed E-state index contributed by atoms with van der Waals surface area (Å²) >= 11 is 0. The van der Waals surface area contributed by atoms with Gasteiger partial charge in [0.25, 0.3) is 0 Å². The summed E-state index contributed by atoms with van der Waals surface area (Å²) in [5.74, 6) is 0. The quantitative estimate of drug-likeness (QED) is 0.613. The van der Waals surface area contributed by atoms with E-state index in [0.29, 0.717) is 0 Å². The second-order valence-electron chi connectivity index (χ2n) is 4.26. The number of aromatic nitrogens is 3. The molecule has 3 heteroatoms. The Bertz CT molecular complexity index is 423. The maximum Gasteiger partial charge on any atom is 0.117 e. The third-order valence-corrected chi connectivity index (χ3v) is 2.14. The van der Waals surface area contributed by atoms with Crippen molar-refractivity contribution in [2.75, 3.05) is 0 Å². The van der Waals surface area contributed by atoms with Crippen molar-refractivity contribution >= 4 is 5.52 Å². The first kappa shape index (κ1) is 8.23. The first-order valence-electron chi connectivity index (χ1n) is 4.36. The van der Waals surface area contributed by atoms with Gasteiger partial charge in [0.05, 0.1) is 17.9 Å². The fourth-order valence-electron chi connectivity index (χ4n) is 1.23. The average molecular weight is 175 g/mol. The van der Waals surface area contributed by atoms with Crippen molar-refractivity contribution in [3.05, 3.63) is 30.4 Å². The molecule has 0 fully saturated rings. The Morgan fingerprint density at radius 3 is 2.69 bits per heavy atom. The van der Waals surface area contributed by atoms with E-state index in [-0.39, 0.29) is 5.41 Å². The molecule has 2 rings (SSSR count). The first-order chi connectivity index (χ1) is 6.07. The Morgan fingerprint density at radius 1 is 1.23 bits per heavy atom. The predicted molar refractivity (Wildman–Crippen MR) is 51.7 cm³/mol. The lowest BCUT2D eigenvalue weighted by Gasteiger charge is -2.17. The van der Waals surface area contributed by atoms with Gasteiger partial charge in [0.2, 0.25) is 0 Å². The van der Waals surface area contributed by atoms with Gasteiger partial charge in [-0.2, -0.15) is 5.10 Å². The maximum absolute atomic E-state index is 4.26. The molecule has 0 N–H and O–H groups in total. The molecule has 2 aromatic heterocycles. The number of fused-ring (bicyclic) bond motifs is 1. The van der Waals surface area contributed by atoms with Crippen molar-refractivity contribution < 1.29 is 0 Å². The molecule has 68 valence electrons.